The van der Waals surface area contributed by atoms with Crippen molar-refractivity contribution in [2.24, 2.45) is 0 Å². The molecule has 4 nitrogen and oxygen atoms in total. The highest BCUT2D eigenvalue weighted by Gasteiger charge is 2.19. The van der Waals surface area contributed by atoms with Gasteiger partial charge in [0.05, 0.1) is 5.56 Å². The van der Waals surface area contributed by atoms with Crippen LogP contribution < -0.4 is 4.90 Å². The van der Waals surface area contributed by atoms with Gasteiger partial charge in [-0.15, -0.1) is 0 Å². The summed E-state index contributed by atoms with van der Waals surface area (Å²) >= 11 is 0. The van der Waals surface area contributed by atoms with Crippen LogP contribution in [0.25, 0.3) is 0 Å². The van der Waals surface area contributed by atoms with Gasteiger partial charge >= 0.3 is 5.97 Å². The van der Waals surface area contributed by atoms with E-state index in [-0.39, 0.29) is 0 Å². The van der Waals surface area contributed by atoms with Gasteiger partial charge in [-0.2, -0.15) is 0 Å². The molecule has 1 aromatic rings. The number of nitrogens with zero attached hydrogens (tertiary/aromatic N) is 2. The molecule has 17 heavy (non-hydrogen) atoms. The zero-order valence-electron chi connectivity index (χ0n) is 10.3. The first kappa shape index (κ1) is 11.9. The molecule has 1 aliphatic heterocycles. The smallest absolute Gasteiger partial charge is 0.335 e. The number of carboxylic acids is 1. The molecule has 4 heteroatoms. The summed E-state index contributed by atoms with van der Waals surface area (Å²) in [6.07, 6.45) is 0.948. The van der Waals surface area contributed by atoms with Gasteiger partial charge < -0.3 is 14.9 Å². The standard InChI is InChI=1S/C13H18N2O2/c1-14(2)7-8-15-6-5-10-9-11(13(16)17)3-4-12(10)15/h3-4,9H,5-8H2,1-2H3,(H,16,17). The minimum atomic E-state index is -0.848. The van der Waals surface area contributed by atoms with Crippen molar-refractivity contribution >= 4 is 11.7 Å². The number of rotatable bonds is 4. The number of benzene rings is 1. The lowest BCUT2D eigenvalue weighted by atomic mass is 10.1. The normalized spacial score (nSPS) is 14.2. The highest BCUT2D eigenvalue weighted by molar-refractivity contribution is 5.88. The van der Waals surface area contributed by atoms with E-state index in [2.05, 4.69) is 23.9 Å². The van der Waals surface area contributed by atoms with E-state index in [9.17, 15) is 4.79 Å². The Bertz CT molecular complexity index is 429. The highest BCUT2D eigenvalue weighted by atomic mass is 16.4. The fraction of sp³-hybridized carbons (Fsp3) is 0.462. The number of carboxylic acid groups (broad SMARTS) is 1. The van der Waals surface area contributed by atoms with E-state index in [0.717, 1.165) is 31.6 Å². The van der Waals surface area contributed by atoms with Gasteiger partial charge in [0.15, 0.2) is 0 Å². The van der Waals surface area contributed by atoms with E-state index >= 15 is 0 Å². The predicted octanol–water partition coefficient (Wildman–Crippen LogP) is 1.31. The summed E-state index contributed by atoms with van der Waals surface area (Å²) in [6.45, 7) is 3.00. The zero-order valence-corrected chi connectivity index (χ0v) is 10.3. The molecule has 0 bridgehead atoms. The summed E-state index contributed by atoms with van der Waals surface area (Å²) in [5.74, 6) is -0.848. The lowest BCUT2D eigenvalue weighted by Crippen LogP contribution is -2.30. The van der Waals surface area contributed by atoms with Crippen LogP contribution in [-0.2, 0) is 6.42 Å². The van der Waals surface area contributed by atoms with E-state index in [1.807, 2.05) is 6.07 Å². The number of anilines is 1. The van der Waals surface area contributed by atoms with Gasteiger partial charge in [0.2, 0.25) is 0 Å². The molecule has 2 rings (SSSR count). The average Bonchev–Trinajstić information content (AvgIpc) is 2.68. The third-order valence-electron chi connectivity index (χ3n) is 3.14. The van der Waals surface area contributed by atoms with Crippen LogP contribution in [0, 0.1) is 0 Å². The van der Waals surface area contributed by atoms with Crippen molar-refractivity contribution in [1.29, 1.82) is 0 Å². The van der Waals surface area contributed by atoms with Crippen molar-refractivity contribution in [2.75, 3.05) is 38.6 Å². The van der Waals surface area contributed by atoms with E-state index in [0.29, 0.717) is 5.56 Å². The molecule has 0 saturated heterocycles. The van der Waals surface area contributed by atoms with Gasteiger partial charge in [-0.05, 0) is 44.3 Å². The number of carbonyl (C=O) groups is 1. The van der Waals surface area contributed by atoms with Crippen molar-refractivity contribution in [3.05, 3.63) is 29.3 Å². The van der Waals surface area contributed by atoms with Gasteiger partial charge in [0, 0.05) is 25.3 Å². The Morgan fingerprint density at radius 3 is 2.88 bits per heavy atom. The summed E-state index contributed by atoms with van der Waals surface area (Å²) < 4.78 is 0. The van der Waals surface area contributed by atoms with Crippen LogP contribution in [0.4, 0.5) is 5.69 Å². The first-order valence-electron chi connectivity index (χ1n) is 5.84. The topological polar surface area (TPSA) is 43.8 Å². The monoisotopic (exact) mass is 234 g/mol. The Morgan fingerprint density at radius 1 is 1.47 bits per heavy atom. The highest BCUT2D eigenvalue weighted by Crippen LogP contribution is 2.28. The summed E-state index contributed by atoms with van der Waals surface area (Å²) in [5.41, 5.74) is 2.73. The Labute approximate surface area is 101 Å². The molecule has 92 valence electrons. The molecule has 0 spiro atoms. The van der Waals surface area contributed by atoms with Crippen LogP contribution in [0.2, 0.25) is 0 Å². The SMILES string of the molecule is CN(C)CCN1CCc2cc(C(=O)O)ccc21. The fourth-order valence-corrected chi connectivity index (χ4v) is 2.16. The van der Waals surface area contributed by atoms with Crippen LogP contribution >= 0.6 is 0 Å². The van der Waals surface area contributed by atoms with Crippen LogP contribution in [0.5, 0.6) is 0 Å². The van der Waals surface area contributed by atoms with Crippen LogP contribution in [-0.4, -0.2) is 49.7 Å². The summed E-state index contributed by atoms with van der Waals surface area (Å²) in [5, 5.41) is 8.94. The minimum Gasteiger partial charge on any atom is -0.478 e. The number of hydrogen-bond acceptors (Lipinski definition) is 3. The number of fused-ring (bicyclic) bond motifs is 1. The van der Waals surface area contributed by atoms with Gasteiger partial charge in [0.1, 0.15) is 0 Å². The molecule has 1 N–H and O–H groups in total. The molecular weight excluding hydrogens is 216 g/mol. The van der Waals surface area contributed by atoms with Gasteiger partial charge in [-0.1, -0.05) is 0 Å². The maximum absolute atomic E-state index is 10.9. The van der Waals surface area contributed by atoms with E-state index in [1.165, 1.54) is 5.69 Å². The molecule has 1 heterocycles. The van der Waals surface area contributed by atoms with Crippen LogP contribution in [0.1, 0.15) is 15.9 Å². The molecule has 0 aliphatic carbocycles. The quantitative estimate of drug-likeness (QED) is 0.853. The second-order valence-electron chi connectivity index (χ2n) is 4.69. The molecule has 0 saturated carbocycles. The molecule has 0 aromatic heterocycles. The third kappa shape index (κ3) is 2.58. The Morgan fingerprint density at radius 2 is 2.24 bits per heavy atom. The molecule has 0 unspecified atom stereocenters. The fourth-order valence-electron chi connectivity index (χ4n) is 2.16. The van der Waals surface area contributed by atoms with E-state index in [4.69, 9.17) is 5.11 Å². The van der Waals surface area contributed by atoms with Crippen molar-refractivity contribution in [3.63, 3.8) is 0 Å². The van der Waals surface area contributed by atoms with Crippen molar-refractivity contribution in [3.8, 4) is 0 Å². The Kier molecular flexibility index (Phi) is 3.33. The van der Waals surface area contributed by atoms with Gasteiger partial charge in [-0.3, -0.25) is 0 Å². The first-order valence-corrected chi connectivity index (χ1v) is 5.84. The molecule has 0 radical (unpaired) electrons. The third-order valence-corrected chi connectivity index (χ3v) is 3.14. The molecular formula is C13H18N2O2. The number of hydrogen-bond donors (Lipinski definition) is 1. The summed E-state index contributed by atoms with van der Waals surface area (Å²) in [6, 6.07) is 5.42. The van der Waals surface area contributed by atoms with Crippen molar-refractivity contribution < 1.29 is 9.90 Å². The molecule has 1 aromatic carbocycles. The van der Waals surface area contributed by atoms with Crippen molar-refractivity contribution in [2.45, 2.75) is 6.42 Å². The molecule has 1 aliphatic rings. The second-order valence-corrected chi connectivity index (χ2v) is 4.69. The Balaban J connectivity index is 2.13. The summed E-state index contributed by atoms with van der Waals surface area (Å²) in [7, 11) is 4.12. The van der Waals surface area contributed by atoms with Crippen LogP contribution in [0.3, 0.4) is 0 Å². The average molecular weight is 234 g/mol. The largest absolute Gasteiger partial charge is 0.478 e. The molecule has 0 fully saturated rings. The molecule has 0 amide bonds. The summed E-state index contributed by atoms with van der Waals surface area (Å²) in [4.78, 5) is 15.4. The molecule has 0 atom stereocenters. The maximum Gasteiger partial charge on any atom is 0.335 e. The minimum absolute atomic E-state index is 0.387. The van der Waals surface area contributed by atoms with E-state index in [1.54, 1.807) is 12.1 Å². The number of aromatic carboxylic acids is 1. The predicted molar refractivity (Wildman–Crippen MR) is 67.9 cm³/mol. The lowest BCUT2D eigenvalue weighted by molar-refractivity contribution is 0.0697. The zero-order chi connectivity index (χ0) is 12.4. The van der Waals surface area contributed by atoms with Gasteiger partial charge in [-0.25, -0.2) is 4.79 Å². The number of likely N-dealkylation sites (N-methyl/N-ethyl adjacent to an activating group) is 1. The lowest BCUT2D eigenvalue weighted by Gasteiger charge is -2.21. The van der Waals surface area contributed by atoms with E-state index < -0.39 is 5.97 Å². The first-order chi connectivity index (χ1) is 8.08. The Hall–Kier alpha value is -1.55. The van der Waals surface area contributed by atoms with Crippen LogP contribution in [0.15, 0.2) is 18.2 Å². The van der Waals surface area contributed by atoms with Gasteiger partial charge in [0.25, 0.3) is 0 Å². The van der Waals surface area contributed by atoms with Crippen molar-refractivity contribution in [1.82, 2.24) is 4.90 Å². The maximum atomic E-state index is 10.9. The second kappa shape index (κ2) is 4.75.